The van der Waals surface area contributed by atoms with E-state index >= 15 is 0 Å². The Kier molecular flexibility index (Phi) is 5.57. The van der Waals surface area contributed by atoms with Crippen molar-refractivity contribution < 1.29 is 14.6 Å². The maximum atomic E-state index is 12.6. The normalized spacial score (nSPS) is 25.4. The van der Waals surface area contributed by atoms with Crippen LogP contribution in [0.15, 0.2) is 24.3 Å². The molecule has 1 aliphatic heterocycles. The minimum Gasteiger partial charge on any atom is -0.481 e. The van der Waals surface area contributed by atoms with E-state index in [4.69, 9.17) is 10.00 Å². The zero-order valence-electron chi connectivity index (χ0n) is 14.6. The standard InChI is InChI=1S/C19H25N3O3/c1-14(25-16-5-2-4-15(12-16)13-20)19(24)22-10-8-21(9-11-22)17-6-3-7-18(17)23/h2,4-5,12,14,17-18,23H,3,6-11H2,1H3/t14-,17+,18-/m0/s1. The van der Waals surface area contributed by atoms with Crippen molar-refractivity contribution in [3.63, 3.8) is 0 Å². The molecule has 0 radical (unpaired) electrons. The van der Waals surface area contributed by atoms with Crippen LogP contribution in [0.5, 0.6) is 5.75 Å². The highest BCUT2D eigenvalue weighted by atomic mass is 16.5. The lowest BCUT2D eigenvalue weighted by Gasteiger charge is -2.39. The predicted molar refractivity (Wildman–Crippen MR) is 93.0 cm³/mol. The lowest BCUT2D eigenvalue weighted by atomic mass is 10.1. The number of amides is 1. The van der Waals surface area contributed by atoms with E-state index in [0.717, 1.165) is 32.4 Å². The van der Waals surface area contributed by atoms with E-state index in [1.54, 1.807) is 31.2 Å². The van der Waals surface area contributed by atoms with Gasteiger partial charge in [-0.3, -0.25) is 9.69 Å². The zero-order chi connectivity index (χ0) is 17.8. The lowest BCUT2D eigenvalue weighted by Crippen LogP contribution is -2.55. The Bertz CT molecular complexity index is 650. The number of hydrogen-bond donors (Lipinski definition) is 1. The van der Waals surface area contributed by atoms with Crippen molar-refractivity contribution in [3.8, 4) is 11.8 Å². The molecule has 0 unspecified atom stereocenters. The average molecular weight is 343 g/mol. The van der Waals surface area contributed by atoms with Gasteiger partial charge in [-0.1, -0.05) is 6.07 Å². The fourth-order valence-electron chi connectivity index (χ4n) is 3.77. The first-order valence-corrected chi connectivity index (χ1v) is 8.96. The van der Waals surface area contributed by atoms with Crippen molar-refractivity contribution >= 4 is 5.91 Å². The van der Waals surface area contributed by atoms with Crippen LogP contribution in [0.1, 0.15) is 31.7 Å². The molecule has 25 heavy (non-hydrogen) atoms. The Labute approximate surface area is 148 Å². The van der Waals surface area contributed by atoms with Crippen molar-refractivity contribution in [2.75, 3.05) is 26.2 Å². The number of hydrogen-bond acceptors (Lipinski definition) is 5. The van der Waals surface area contributed by atoms with Gasteiger partial charge in [-0.15, -0.1) is 0 Å². The van der Waals surface area contributed by atoms with Crippen molar-refractivity contribution in [1.29, 1.82) is 5.26 Å². The molecule has 1 amide bonds. The third-order valence-corrected chi connectivity index (χ3v) is 5.16. The van der Waals surface area contributed by atoms with Crippen LogP contribution in [0.4, 0.5) is 0 Å². The second-order valence-electron chi connectivity index (χ2n) is 6.83. The number of nitriles is 1. The predicted octanol–water partition coefficient (Wildman–Crippen LogP) is 1.38. The molecule has 1 saturated heterocycles. The first-order chi connectivity index (χ1) is 12.1. The summed E-state index contributed by atoms with van der Waals surface area (Å²) in [5, 5.41) is 19.0. The molecule has 1 aromatic carbocycles. The monoisotopic (exact) mass is 343 g/mol. The van der Waals surface area contributed by atoms with Gasteiger partial charge in [-0.05, 0) is 44.4 Å². The number of piperazine rings is 1. The van der Waals surface area contributed by atoms with Gasteiger partial charge in [0, 0.05) is 32.2 Å². The van der Waals surface area contributed by atoms with Gasteiger partial charge in [0.15, 0.2) is 6.10 Å². The maximum absolute atomic E-state index is 12.6. The third kappa shape index (κ3) is 4.12. The van der Waals surface area contributed by atoms with Crippen molar-refractivity contribution in [1.82, 2.24) is 9.80 Å². The van der Waals surface area contributed by atoms with Crippen LogP contribution in [-0.4, -0.2) is 65.2 Å². The van der Waals surface area contributed by atoms with Crippen LogP contribution in [0.2, 0.25) is 0 Å². The molecular formula is C19H25N3O3. The molecule has 2 aliphatic rings. The Morgan fingerprint density at radius 3 is 2.72 bits per heavy atom. The van der Waals surface area contributed by atoms with Crippen LogP contribution < -0.4 is 4.74 Å². The van der Waals surface area contributed by atoms with Gasteiger partial charge in [-0.2, -0.15) is 5.26 Å². The number of ether oxygens (including phenoxy) is 1. The molecule has 6 nitrogen and oxygen atoms in total. The van der Waals surface area contributed by atoms with E-state index in [1.165, 1.54) is 0 Å². The van der Waals surface area contributed by atoms with Gasteiger partial charge in [0.1, 0.15) is 5.75 Å². The first kappa shape index (κ1) is 17.7. The Morgan fingerprint density at radius 2 is 2.08 bits per heavy atom. The summed E-state index contributed by atoms with van der Waals surface area (Å²) in [6.45, 7) is 4.66. The van der Waals surface area contributed by atoms with Crippen molar-refractivity contribution in [3.05, 3.63) is 29.8 Å². The number of carbonyl (C=O) groups is 1. The van der Waals surface area contributed by atoms with Gasteiger partial charge in [0.25, 0.3) is 5.91 Å². The van der Waals surface area contributed by atoms with Crippen LogP contribution in [0, 0.1) is 11.3 Å². The summed E-state index contributed by atoms with van der Waals surface area (Å²) in [6.07, 6.45) is 2.20. The van der Waals surface area contributed by atoms with Gasteiger partial charge >= 0.3 is 0 Å². The molecule has 1 N–H and O–H groups in total. The van der Waals surface area contributed by atoms with Gasteiger partial charge in [0.2, 0.25) is 0 Å². The van der Waals surface area contributed by atoms with Crippen LogP contribution >= 0.6 is 0 Å². The Balaban J connectivity index is 1.52. The summed E-state index contributed by atoms with van der Waals surface area (Å²) in [4.78, 5) is 16.8. The van der Waals surface area contributed by atoms with E-state index in [-0.39, 0.29) is 18.1 Å². The summed E-state index contributed by atoms with van der Waals surface area (Å²) in [7, 11) is 0. The second kappa shape index (κ2) is 7.85. The van der Waals surface area contributed by atoms with Gasteiger partial charge in [-0.25, -0.2) is 0 Å². The fourth-order valence-corrected chi connectivity index (χ4v) is 3.77. The van der Waals surface area contributed by atoms with E-state index in [9.17, 15) is 9.90 Å². The molecule has 1 heterocycles. The molecule has 0 bridgehead atoms. The highest BCUT2D eigenvalue weighted by Gasteiger charge is 2.34. The molecule has 134 valence electrons. The van der Waals surface area contributed by atoms with Crippen LogP contribution in [0.25, 0.3) is 0 Å². The summed E-state index contributed by atoms with van der Waals surface area (Å²) < 4.78 is 5.72. The van der Waals surface area contributed by atoms with E-state index < -0.39 is 6.10 Å². The summed E-state index contributed by atoms with van der Waals surface area (Å²) in [5.41, 5.74) is 0.515. The molecule has 0 aromatic heterocycles. The van der Waals surface area contributed by atoms with Crippen molar-refractivity contribution in [2.45, 2.75) is 44.4 Å². The Hall–Kier alpha value is -2.10. The minimum atomic E-state index is -0.586. The number of carbonyl (C=O) groups excluding carboxylic acids is 1. The number of aliphatic hydroxyl groups excluding tert-OH is 1. The quantitative estimate of drug-likeness (QED) is 0.894. The number of rotatable bonds is 4. The molecular weight excluding hydrogens is 318 g/mol. The Morgan fingerprint density at radius 1 is 1.32 bits per heavy atom. The SMILES string of the molecule is C[C@H](Oc1cccc(C#N)c1)C(=O)N1CCN([C@@H]2CCC[C@@H]2O)CC1. The second-order valence-corrected chi connectivity index (χ2v) is 6.83. The largest absolute Gasteiger partial charge is 0.481 e. The summed E-state index contributed by atoms with van der Waals surface area (Å²) >= 11 is 0. The van der Waals surface area contributed by atoms with E-state index in [0.29, 0.717) is 24.4 Å². The maximum Gasteiger partial charge on any atom is 0.263 e. The molecule has 3 rings (SSSR count). The highest BCUT2D eigenvalue weighted by molar-refractivity contribution is 5.81. The summed E-state index contributed by atoms with van der Waals surface area (Å²) in [5.74, 6) is 0.501. The fraction of sp³-hybridized carbons (Fsp3) is 0.579. The molecule has 6 heteroatoms. The van der Waals surface area contributed by atoms with E-state index in [2.05, 4.69) is 11.0 Å². The highest BCUT2D eigenvalue weighted by Crippen LogP contribution is 2.25. The molecule has 1 aliphatic carbocycles. The molecule has 0 spiro atoms. The number of benzene rings is 1. The number of aliphatic hydroxyl groups is 1. The van der Waals surface area contributed by atoms with Crippen LogP contribution in [0.3, 0.4) is 0 Å². The molecule has 1 saturated carbocycles. The van der Waals surface area contributed by atoms with Crippen molar-refractivity contribution in [2.24, 2.45) is 0 Å². The van der Waals surface area contributed by atoms with Gasteiger partial charge in [0.05, 0.1) is 17.7 Å². The smallest absolute Gasteiger partial charge is 0.263 e. The van der Waals surface area contributed by atoms with E-state index in [1.807, 2.05) is 4.90 Å². The molecule has 3 atom stereocenters. The first-order valence-electron chi connectivity index (χ1n) is 8.96. The lowest BCUT2D eigenvalue weighted by molar-refractivity contribution is -0.140. The molecule has 2 fully saturated rings. The third-order valence-electron chi connectivity index (χ3n) is 5.16. The van der Waals surface area contributed by atoms with Crippen LogP contribution in [-0.2, 0) is 4.79 Å². The molecule has 1 aromatic rings. The number of nitrogens with zero attached hydrogens (tertiary/aromatic N) is 3. The van der Waals surface area contributed by atoms with Gasteiger partial charge < -0.3 is 14.7 Å². The summed E-state index contributed by atoms with van der Waals surface area (Å²) in [6, 6.07) is 9.16. The zero-order valence-corrected chi connectivity index (χ0v) is 14.6. The topological polar surface area (TPSA) is 76.8 Å². The minimum absolute atomic E-state index is 0.0334. The average Bonchev–Trinajstić information content (AvgIpc) is 3.07.